The molecule has 0 saturated carbocycles. The standard InChI is InChI=1S/C19H19N5O2S2/c1-11(28-18-21-15(22-23-18)14-9-6-10-27-14)16(25)24-13-8-5-4-7-12(13)20-17(26)19(24,2)3/h4-11H,1-3H3,(H,20,26)(H,21,22,23). The zero-order valence-corrected chi connectivity index (χ0v) is 17.2. The summed E-state index contributed by atoms with van der Waals surface area (Å²) >= 11 is 2.84. The topological polar surface area (TPSA) is 91.0 Å². The van der Waals surface area contributed by atoms with E-state index in [1.165, 1.54) is 11.8 Å². The van der Waals surface area contributed by atoms with Crippen molar-refractivity contribution >= 4 is 46.3 Å². The number of aromatic nitrogens is 3. The molecule has 28 heavy (non-hydrogen) atoms. The third kappa shape index (κ3) is 3.20. The quantitative estimate of drug-likeness (QED) is 0.635. The Morgan fingerprint density at radius 1 is 1.25 bits per heavy atom. The molecule has 0 radical (unpaired) electrons. The molecule has 4 rings (SSSR count). The molecule has 0 bridgehead atoms. The Morgan fingerprint density at radius 2 is 2.04 bits per heavy atom. The van der Waals surface area contributed by atoms with E-state index in [1.54, 1.807) is 43.1 Å². The molecule has 7 nitrogen and oxygen atoms in total. The summed E-state index contributed by atoms with van der Waals surface area (Å²) in [6, 6.07) is 11.2. The Hall–Kier alpha value is -2.65. The van der Waals surface area contributed by atoms with Gasteiger partial charge in [0.05, 0.1) is 21.5 Å². The highest BCUT2D eigenvalue weighted by atomic mass is 32.2. The third-order valence-corrected chi connectivity index (χ3v) is 6.40. The first-order valence-corrected chi connectivity index (χ1v) is 10.5. The van der Waals surface area contributed by atoms with E-state index >= 15 is 0 Å². The van der Waals surface area contributed by atoms with E-state index in [2.05, 4.69) is 20.5 Å². The van der Waals surface area contributed by atoms with Gasteiger partial charge in [0.15, 0.2) is 5.82 Å². The van der Waals surface area contributed by atoms with E-state index in [0.717, 1.165) is 4.88 Å². The molecule has 1 aliphatic rings. The molecule has 2 amide bonds. The number of hydrogen-bond acceptors (Lipinski definition) is 6. The number of nitrogens with zero attached hydrogens (tertiary/aromatic N) is 3. The number of hydrogen-bond donors (Lipinski definition) is 2. The number of amides is 2. The number of thioether (sulfide) groups is 1. The van der Waals surface area contributed by atoms with E-state index < -0.39 is 10.8 Å². The molecule has 2 N–H and O–H groups in total. The van der Waals surface area contributed by atoms with E-state index in [1.807, 2.05) is 35.7 Å². The van der Waals surface area contributed by atoms with E-state index in [4.69, 9.17) is 0 Å². The van der Waals surface area contributed by atoms with E-state index in [0.29, 0.717) is 22.4 Å². The van der Waals surface area contributed by atoms with Gasteiger partial charge in [-0.05, 0) is 44.4 Å². The van der Waals surface area contributed by atoms with Crippen LogP contribution in [-0.4, -0.2) is 37.8 Å². The number of benzene rings is 1. The van der Waals surface area contributed by atoms with Crippen molar-refractivity contribution in [2.24, 2.45) is 0 Å². The van der Waals surface area contributed by atoms with Crippen LogP contribution in [0, 0.1) is 0 Å². The molecule has 1 aliphatic heterocycles. The summed E-state index contributed by atoms with van der Waals surface area (Å²) in [4.78, 5) is 32.9. The second-order valence-corrected chi connectivity index (χ2v) is 9.16. The minimum Gasteiger partial charge on any atom is -0.322 e. The fourth-order valence-electron chi connectivity index (χ4n) is 3.06. The highest BCUT2D eigenvalue weighted by Gasteiger charge is 2.44. The van der Waals surface area contributed by atoms with Gasteiger partial charge in [0, 0.05) is 0 Å². The summed E-state index contributed by atoms with van der Waals surface area (Å²) in [5.74, 6) is 0.301. The summed E-state index contributed by atoms with van der Waals surface area (Å²) in [5.41, 5.74) is 0.329. The molecule has 2 aromatic heterocycles. The van der Waals surface area contributed by atoms with E-state index in [9.17, 15) is 9.59 Å². The molecular formula is C19H19N5O2S2. The van der Waals surface area contributed by atoms with Crippen LogP contribution in [0.5, 0.6) is 0 Å². The number of rotatable bonds is 4. The number of carbonyl (C=O) groups excluding carboxylic acids is 2. The lowest BCUT2D eigenvalue weighted by atomic mass is 9.96. The maximum Gasteiger partial charge on any atom is 0.250 e. The Kier molecular flexibility index (Phi) is 4.72. The molecule has 1 atom stereocenters. The minimum atomic E-state index is -0.999. The largest absolute Gasteiger partial charge is 0.322 e. The van der Waals surface area contributed by atoms with Crippen LogP contribution in [0.15, 0.2) is 46.9 Å². The van der Waals surface area contributed by atoms with Crippen LogP contribution >= 0.6 is 23.1 Å². The fourth-order valence-corrected chi connectivity index (χ4v) is 4.49. The smallest absolute Gasteiger partial charge is 0.250 e. The number of para-hydroxylation sites is 2. The van der Waals surface area contributed by atoms with Gasteiger partial charge in [0.2, 0.25) is 17.0 Å². The Morgan fingerprint density at radius 3 is 2.79 bits per heavy atom. The number of aromatic amines is 1. The molecule has 3 aromatic rings. The van der Waals surface area contributed by atoms with Crippen LogP contribution in [0.2, 0.25) is 0 Å². The molecule has 0 spiro atoms. The van der Waals surface area contributed by atoms with Gasteiger partial charge < -0.3 is 5.32 Å². The SMILES string of the molecule is CC(Sc1n[nH]c(-c2cccs2)n1)C(=O)N1c2ccccc2NC(=O)C1(C)C. The molecular weight excluding hydrogens is 394 g/mol. The first-order valence-electron chi connectivity index (χ1n) is 8.75. The average Bonchev–Trinajstić information content (AvgIpc) is 3.33. The van der Waals surface area contributed by atoms with Crippen LogP contribution in [0.3, 0.4) is 0 Å². The van der Waals surface area contributed by atoms with Crippen molar-refractivity contribution in [2.75, 3.05) is 10.2 Å². The van der Waals surface area contributed by atoms with Crippen LogP contribution in [0.4, 0.5) is 11.4 Å². The lowest BCUT2D eigenvalue weighted by Gasteiger charge is -2.42. The molecule has 144 valence electrons. The number of nitrogens with one attached hydrogen (secondary N) is 2. The molecule has 1 unspecified atom stereocenters. The summed E-state index contributed by atoms with van der Waals surface area (Å²) in [6.07, 6.45) is 0. The summed E-state index contributed by atoms with van der Waals surface area (Å²) < 4.78 is 0. The highest BCUT2D eigenvalue weighted by Crippen LogP contribution is 2.38. The Bertz CT molecular complexity index is 1030. The van der Waals surface area contributed by atoms with Crippen LogP contribution < -0.4 is 10.2 Å². The molecule has 0 saturated heterocycles. The van der Waals surface area contributed by atoms with Gasteiger partial charge in [-0.3, -0.25) is 19.6 Å². The number of fused-ring (bicyclic) bond motifs is 1. The van der Waals surface area contributed by atoms with Gasteiger partial charge in [-0.25, -0.2) is 4.98 Å². The first kappa shape index (κ1) is 18.7. The third-order valence-electron chi connectivity index (χ3n) is 4.58. The normalized spacial score (nSPS) is 16.4. The van der Waals surface area contributed by atoms with Crippen LogP contribution in [0.1, 0.15) is 20.8 Å². The van der Waals surface area contributed by atoms with Gasteiger partial charge in [-0.15, -0.1) is 16.4 Å². The Labute approximate surface area is 170 Å². The molecule has 0 aliphatic carbocycles. The number of thiophene rings is 1. The molecule has 3 heterocycles. The van der Waals surface area contributed by atoms with Crippen molar-refractivity contribution in [2.45, 2.75) is 36.7 Å². The number of carbonyl (C=O) groups is 2. The predicted octanol–water partition coefficient (Wildman–Crippen LogP) is 3.78. The average molecular weight is 414 g/mol. The first-order chi connectivity index (χ1) is 13.4. The lowest BCUT2D eigenvalue weighted by molar-refractivity contribution is -0.126. The van der Waals surface area contributed by atoms with E-state index in [-0.39, 0.29) is 11.8 Å². The van der Waals surface area contributed by atoms with Crippen molar-refractivity contribution in [1.82, 2.24) is 15.2 Å². The second kappa shape index (κ2) is 7.06. The lowest BCUT2D eigenvalue weighted by Crippen LogP contribution is -2.60. The Balaban J connectivity index is 1.59. The molecule has 9 heteroatoms. The molecule has 1 aromatic carbocycles. The van der Waals surface area contributed by atoms with Gasteiger partial charge >= 0.3 is 0 Å². The summed E-state index contributed by atoms with van der Waals surface area (Å²) in [5, 5.41) is 12.0. The monoisotopic (exact) mass is 413 g/mol. The summed E-state index contributed by atoms with van der Waals surface area (Å²) in [6.45, 7) is 5.30. The summed E-state index contributed by atoms with van der Waals surface area (Å²) in [7, 11) is 0. The second-order valence-electron chi connectivity index (χ2n) is 6.91. The van der Waals surface area contributed by atoms with Crippen molar-refractivity contribution in [3.63, 3.8) is 0 Å². The van der Waals surface area contributed by atoms with Crippen molar-refractivity contribution in [3.05, 3.63) is 41.8 Å². The minimum absolute atomic E-state index is 0.167. The van der Waals surface area contributed by atoms with Gasteiger partial charge in [0.25, 0.3) is 0 Å². The van der Waals surface area contributed by atoms with Crippen LogP contribution in [0.25, 0.3) is 10.7 Å². The predicted molar refractivity (Wildman–Crippen MR) is 112 cm³/mol. The maximum absolute atomic E-state index is 13.3. The fraction of sp³-hybridized carbons (Fsp3) is 0.263. The number of H-pyrrole nitrogens is 1. The van der Waals surface area contributed by atoms with Crippen molar-refractivity contribution in [3.8, 4) is 10.7 Å². The van der Waals surface area contributed by atoms with Gasteiger partial charge in [-0.1, -0.05) is 30.0 Å². The van der Waals surface area contributed by atoms with Crippen molar-refractivity contribution in [1.29, 1.82) is 0 Å². The van der Waals surface area contributed by atoms with Crippen molar-refractivity contribution < 1.29 is 9.59 Å². The highest BCUT2D eigenvalue weighted by molar-refractivity contribution is 8.00. The zero-order chi connectivity index (χ0) is 19.9. The van der Waals surface area contributed by atoms with Gasteiger partial charge in [0.1, 0.15) is 5.54 Å². The molecule has 0 fully saturated rings. The van der Waals surface area contributed by atoms with Gasteiger partial charge in [-0.2, -0.15) is 0 Å². The maximum atomic E-state index is 13.3. The zero-order valence-electron chi connectivity index (χ0n) is 15.6. The van der Waals surface area contributed by atoms with Crippen LogP contribution in [-0.2, 0) is 9.59 Å². The number of anilines is 2.